The average Bonchev–Trinajstić information content (AvgIpc) is 3.02. The van der Waals surface area contributed by atoms with Crippen LogP contribution in [0, 0.1) is 0 Å². The van der Waals surface area contributed by atoms with E-state index in [0.717, 1.165) is 35.5 Å². The van der Waals surface area contributed by atoms with Crippen molar-refractivity contribution in [2.75, 3.05) is 0 Å². The van der Waals surface area contributed by atoms with Gasteiger partial charge in [0.1, 0.15) is 4.21 Å². The van der Waals surface area contributed by atoms with E-state index < -0.39 is 10.0 Å². The van der Waals surface area contributed by atoms with E-state index in [1.54, 1.807) is 6.07 Å². The van der Waals surface area contributed by atoms with Gasteiger partial charge in [0.25, 0.3) is 0 Å². The van der Waals surface area contributed by atoms with E-state index in [0.29, 0.717) is 19.1 Å². The molecule has 0 saturated carbocycles. The molecule has 6 nitrogen and oxygen atoms in total. The molecule has 2 atom stereocenters. The maximum absolute atomic E-state index is 11.8. The number of sulfonamides is 1. The van der Waals surface area contributed by atoms with Gasteiger partial charge in [-0.3, -0.25) is 4.79 Å². The zero-order valence-corrected chi connectivity index (χ0v) is 13.5. The molecule has 2 heterocycles. The van der Waals surface area contributed by atoms with Gasteiger partial charge in [0.2, 0.25) is 15.9 Å². The van der Waals surface area contributed by atoms with E-state index in [9.17, 15) is 13.2 Å². The van der Waals surface area contributed by atoms with Gasteiger partial charge in [-0.15, -0.1) is 11.3 Å². The molecular formula is C13H20N2O4S2. The van der Waals surface area contributed by atoms with Crippen LogP contribution in [-0.4, -0.2) is 26.5 Å². The highest BCUT2D eigenvalue weighted by molar-refractivity contribution is 7.91. The Balaban J connectivity index is 1.72. The van der Waals surface area contributed by atoms with Crippen molar-refractivity contribution in [1.29, 1.82) is 0 Å². The van der Waals surface area contributed by atoms with Crippen molar-refractivity contribution in [2.24, 2.45) is 5.14 Å². The van der Waals surface area contributed by atoms with Crippen LogP contribution in [0.4, 0.5) is 0 Å². The first kappa shape index (κ1) is 16.4. The second kappa shape index (κ2) is 6.87. The minimum atomic E-state index is -3.66. The highest BCUT2D eigenvalue weighted by Gasteiger charge is 2.22. The third-order valence-electron chi connectivity index (χ3n) is 3.39. The molecular weight excluding hydrogens is 312 g/mol. The van der Waals surface area contributed by atoms with Gasteiger partial charge in [0.15, 0.2) is 0 Å². The fourth-order valence-electron chi connectivity index (χ4n) is 2.27. The number of ether oxygens (including phenoxy) is 1. The Labute approximate surface area is 128 Å². The highest BCUT2D eigenvalue weighted by Crippen LogP contribution is 2.23. The van der Waals surface area contributed by atoms with Gasteiger partial charge in [0.05, 0.1) is 18.8 Å². The van der Waals surface area contributed by atoms with E-state index in [2.05, 4.69) is 5.32 Å². The SMILES string of the molecule is CC1CCC(CCC(=O)NCc2ccc(S(N)(=O)=O)s2)O1. The minimum Gasteiger partial charge on any atom is -0.375 e. The van der Waals surface area contributed by atoms with Crippen LogP contribution >= 0.6 is 11.3 Å². The molecule has 1 amide bonds. The molecule has 21 heavy (non-hydrogen) atoms. The first-order chi connectivity index (χ1) is 9.84. The van der Waals surface area contributed by atoms with E-state index in [1.807, 2.05) is 6.92 Å². The Kier molecular flexibility index (Phi) is 5.37. The summed E-state index contributed by atoms with van der Waals surface area (Å²) in [6.45, 7) is 2.36. The van der Waals surface area contributed by atoms with Crippen LogP contribution in [0.5, 0.6) is 0 Å². The van der Waals surface area contributed by atoms with Gasteiger partial charge >= 0.3 is 0 Å². The molecule has 0 bridgehead atoms. The minimum absolute atomic E-state index is 0.0521. The molecule has 2 rings (SSSR count). The van der Waals surface area contributed by atoms with Crippen LogP contribution in [0.3, 0.4) is 0 Å². The predicted molar refractivity (Wildman–Crippen MR) is 80.3 cm³/mol. The van der Waals surface area contributed by atoms with Crippen molar-refractivity contribution in [1.82, 2.24) is 5.32 Å². The number of primary sulfonamides is 1. The van der Waals surface area contributed by atoms with Crippen molar-refractivity contribution >= 4 is 27.3 Å². The number of hydrogen-bond donors (Lipinski definition) is 2. The largest absolute Gasteiger partial charge is 0.375 e. The van der Waals surface area contributed by atoms with E-state index in [1.165, 1.54) is 6.07 Å². The maximum atomic E-state index is 11.8. The van der Waals surface area contributed by atoms with E-state index >= 15 is 0 Å². The Morgan fingerprint density at radius 1 is 1.48 bits per heavy atom. The molecule has 2 unspecified atom stereocenters. The summed E-state index contributed by atoms with van der Waals surface area (Å²) in [7, 11) is -3.66. The number of thiophene rings is 1. The van der Waals surface area contributed by atoms with Crippen molar-refractivity contribution < 1.29 is 17.9 Å². The number of carbonyl (C=O) groups is 1. The van der Waals surface area contributed by atoms with Gasteiger partial charge in [-0.1, -0.05) is 0 Å². The predicted octanol–water partition coefficient (Wildman–Crippen LogP) is 1.36. The highest BCUT2D eigenvalue weighted by atomic mass is 32.2. The third kappa shape index (κ3) is 5.06. The fourth-order valence-corrected chi connectivity index (χ4v) is 3.99. The quantitative estimate of drug-likeness (QED) is 0.821. The molecule has 1 aromatic heterocycles. The van der Waals surface area contributed by atoms with Crippen molar-refractivity contribution in [3.05, 3.63) is 17.0 Å². The number of nitrogens with one attached hydrogen (secondary N) is 1. The van der Waals surface area contributed by atoms with Crippen LogP contribution in [0.1, 0.15) is 37.5 Å². The lowest BCUT2D eigenvalue weighted by Gasteiger charge is -2.10. The second-order valence-electron chi connectivity index (χ2n) is 5.23. The molecule has 118 valence electrons. The number of nitrogens with two attached hydrogens (primary N) is 1. The van der Waals surface area contributed by atoms with Gasteiger partial charge in [-0.25, -0.2) is 13.6 Å². The lowest BCUT2D eigenvalue weighted by Crippen LogP contribution is -2.23. The average molecular weight is 332 g/mol. The molecule has 1 aromatic rings. The number of rotatable bonds is 6. The Morgan fingerprint density at radius 3 is 2.81 bits per heavy atom. The van der Waals surface area contributed by atoms with Gasteiger partial charge in [-0.2, -0.15) is 0 Å². The number of hydrogen-bond acceptors (Lipinski definition) is 5. The zero-order chi connectivity index (χ0) is 15.5. The molecule has 1 fully saturated rings. The summed E-state index contributed by atoms with van der Waals surface area (Å²) in [5, 5.41) is 7.82. The molecule has 8 heteroatoms. The topological polar surface area (TPSA) is 98.5 Å². The van der Waals surface area contributed by atoms with Crippen LogP contribution in [-0.2, 0) is 26.1 Å². The molecule has 1 aliphatic rings. The van der Waals surface area contributed by atoms with Gasteiger partial charge in [0, 0.05) is 11.3 Å². The summed E-state index contributed by atoms with van der Waals surface area (Å²) in [5.74, 6) is -0.0521. The molecule has 3 N–H and O–H groups in total. The molecule has 1 aliphatic heterocycles. The normalized spacial score (nSPS) is 22.4. The van der Waals surface area contributed by atoms with Gasteiger partial charge in [-0.05, 0) is 38.3 Å². The smallest absolute Gasteiger partial charge is 0.247 e. The van der Waals surface area contributed by atoms with Gasteiger partial charge < -0.3 is 10.1 Å². The molecule has 0 spiro atoms. The number of carbonyl (C=O) groups excluding carboxylic acids is 1. The number of amides is 1. The zero-order valence-electron chi connectivity index (χ0n) is 11.9. The van der Waals surface area contributed by atoms with Crippen LogP contribution in [0.2, 0.25) is 0 Å². The van der Waals surface area contributed by atoms with Crippen molar-refractivity contribution in [3.8, 4) is 0 Å². The van der Waals surface area contributed by atoms with Crippen molar-refractivity contribution in [2.45, 2.75) is 55.6 Å². The lowest BCUT2D eigenvalue weighted by molar-refractivity contribution is -0.122. The molecule has 0 radical (unpaired) electrons. The summed E-state index contributed by atoms with van der Waals surface area (Å²) in [4.78, 5) is 12.5. The first-order valence-corrected chi connectivity index (χ1v) is 9.24. The molecule has 0 aliphatic carbocycles. The Hall–Kier alpha value is -0.960. The van der Waals surface area contributed by atoms with E-state index in [-0.39, 0.29) is 16.2 Å². The summed E-state index contributed by atoms with van der Waals surface area (Å²) in [6.07, 6.45) is 3.69. The third-order valence-corrected chi connectivity index (χ3v) is 5.91. The maximum Gasteiger partial charge on any atom is 0.247 e. The summed E-state index contributed by atoms with van der Waals surface area (Å²) >= 11 is 1.07. The Morgan fingerprint density at radius 2 is 2.24 bits per heavy atom. The summed E-state index contributed by atoms with van der Waals surface area (Å²) in [5.41, 5.74) is 0. The van der Waals surface area contributed by atoms with Crippen LogP contribution < -0.4 is 10.5 Å². The monoisotopic (exact) mass is 332 g/mol. The summed E-state index contributed by atoms with van der Waals surface area (Å²) < 4.78 is 28.1. The van der Waals surface area contributed by atoms with Crippen LogP contribution in [0.15, 0.2) is 16.3 Å². The Bertz CT molecular complexity index is 597. The first-order valence-electron chi connectivity index (χ1n) is 6.88. The molecule has 0 aromatic carbocycles. The lowest BCUT2D eigenvalue weighted by atomic mass is 10.1. The van der Waals surface area contributed by atoms with Crippen LogP contribution in [0.25, 0.3) is 0 Å². The van der Waals surface area contributed by atoms with Crippen molar-refractivity contribution in [3.63, 3.8) is 0 Å². The second-order valence-corrected chi connectivity index (χ2v) is 8.18. The van der Waals surface area contributed by atoms with E-state index in [4.69, 9.17) is 9.88 Å². The summed E-state index contributed by atoms with van der Waals surface area (Å²) in [6, 6.07) is 3.11. The molecule has 1 saturated heterocycles. The fraction of sp³-hybridized carbons (Fsp3) is 0.615. The standard InChI is InChI=1S/C13H20N2O4S2/c1-9-2-3-10(19-9)4-6-12(16)15-8-11-5-7-13(20-11)21(14,17)18/h5,7,9-10H,2-4,6,8H2,1H3,(H,15,16)(H2,14,17,18).